The van der Waals surface area contributed by atoms with Gasteiger partial charge in [-0.05, 0) is 0 Å². The molecule has 60 valence electrons. The van der Waals surface area contributed by atoms with Crippen molar-refractivity contribution in [2.75, 3.05) is 14.2 Å². The fourth-order valence-corrected chi connectivity index (χ4v) is 0.824. The van der Waals surface area contributed by atoms with Gasteiger partial charge >= 0.3 is 0 Å². The van der Waals surface area contributed by atoms with Gasteiger partial charge in [-0.3, -0.25) is 0 Å². The molecule has 0 aromatic rings. The molecule has 0 radical (unpaired) electrons. The van der Waals surface area contributed by atoms with Gasteiger partial charge in [0.05, 0.1) is 0 Å². The van der Waals surface area contributed by atoms with Crippen molar-refractivity contribution < 1.29 is 14.3 Å². The van der Waals surface area contributed by atoms with Gasteiger partial charge in [-0.25, -0.2) is 0 Å². The maximum absolute atomic E-state index is 10.0. The molecule has 0 amide bonds. The normalized spacial score (nSPS) is 13.6. The molecule has 0 aromatic carbocycles. The summed E-state index contributed by atoms with van der Waals surface area (Å²) in [5.74, 6) is 0.132. The van der Waals surface area contributed by atoms with Crippen LogP contribution in [0.1, 0.15) is 13.3 Å². The molecule has 0 heterocycles. The van der Waals surface area contributed by atoms with Gasteiger partial charge in [0.2, 0.25) is 0 Å². The molecule has 0 aromatic heterocycles. The molecule has 0 rings (SSSR count). The van der Waals surface area contributed by atoms with Crippen LogP contribution in [-0.4, -0.2) is 26.8 Å². The zero-order chi connectivity index (χ0) is 7.98. The third-order valence-electron chi connectivity index (χ3n) is 1.40. The van der Waals surface area contributed by atoms with Crippen molar-refractivity contribution in [3.8, 4) is 0 Å². The summed E-state index contributed by atoms with van der Waals surface area (Å²) in [6.07, 6.45) is 1.09. The highest BCUT2D eigenvalue weighted by Gasteiger charge is 2.14. The van der Waals surface area contributed by atoms with Crippen LogP contribution in [0.5, 0.6) is 0 Å². The van der Waals surface area contributed by atoms with Gasteiger partial charge in [0.25, 0.3) is 0 Å². The van der Waals surface area contributed by atoms with Gasteiger partial charge in [0, 0.05) is 26.6 Å². The van der Waals surface area contributed by atoms with E-state index >= 15 is 0 Å². The average molecular weight is 146 g/mol. The molecule has 1 atom stereocenters. The smallest absolute Gasteiger partial charge is 0.159 e. The van der Waals surface area contributed by atoms with E-state index in [9.17, 15) is 4.79 Å². The molecule has 0 aliphatic carbocycles. The van der Waals surface area contributed by atoms with Crippen LogP contribution < -0.4 is 0 Å². The Balaban J connectivity index is 3.63. The van der Waals surface area contributed by atoms with E-state index in [1.807, 2.05) is 6.92 Å². The van der Waals surface area contributed by atoms with Crippen LogP contribution in [0.25, 0.3) is 0 Å². The molecule has 0 saturated carbocycles. The summed E-state index contributed by atoms with van der Waals surface area (Å²) in [5, 5.41) is 0. The van der Waals surface area contributed by atoms with Gasteiger partial charge in [0.15, 0.2) is 6.29 Å². The Morgan fingerprint density at radius 2 is 1.90 bits per heavy atom. The minimum absolute atomic E-state index is 0.132. The standard InChI is InChI=1S/C7H14O3/c1-6(4-5-8)7(9-2)10-3/h5-7H,4H2,1-3H3. The van der Waals surface area contributed by atoms with E-state index in [-0.39, 0.29) is 12.2 Å². The fourth-order valence-electron chi connectivity index (χ4n) is 0.824. The van der Waals surface area contributed by atoms with Crippen molar-refractivity contribution in [2.24, 2.45) is 5.92 Å². The predicted octanol–water partition coefficient (Wildman–Crippen LogP) is 0.830. The van der Waals surface area contributed by atoms with Crippen molar-refractivity contribution >= 4 is 6.29 Å². The number of ether oxygens (including phenoxy) is 2. The van der Waals surface area contributed by atoms with Crippen LogP contribution in [-0.2, 0) is 14.3 Å². The minimum Gasteiger partial charge on any atom is -0.356 e. The molecule has 0 aliphatic rings. The van der Waals surface area contributed by atoms with E-state index in [1.54, 1.807) is 14.2 Å². The maximum Gasteiger partial charge on any atom is 0.159 e. The van der Waals surface area contributed by atoms with Gasteiger partial charge in [-0.1, -0.05) is 6.92 Å². The summed E-state index contributed by atoms with van der Waals surface area (Å²) in [4.78, 5) is 10.0. The van der Waals surface area contributed by atoms with Crippen LogP contribution in [0.15, 0.2) is 0 Å². The number of carbonyl (C=O) groups excluding carboxylic acids is 1. The maximum atomic E-state index is 10.0. The monoisotopic (exact) mass is 146 g/mol. The summed E-state index contributed by atoms with van der Waals surface area (Å²) in [6.45, 7) is 1.91. The van der Waals surface area contributed by atoms with E-state index in [1.165, 1.54) is 0 Å². The fraction of sp³-hybridized carbons (Fsp3) is 0.857. The molecule has 0 fully saturated rings. The first-order valence-electron chi connectivity index (χ1n) is 3.25. The average Bonchev–Trinajstić information content (AvgIpc) is 1.91. The van der Waals surface area contributed by atoms with E-state index in [2.05, 4.69) is 0 Å². The number of carbonyl (C=O) groups is 1. The molecule has 0 aliphatic heterocycles. The summed E-state index contributed by atoms with van der Waals surface area (Å²) in [6, 6.07) is 0. The molecule has 10 heavy (non-hydrogen) atoms. The van der Waals surface area contributed by atoms with Gasteiger partial charge in [0.1, 0.15) is 6.29 Å². The van der Waals surface area contributed by atoms with Crippen LogP contribution in [0.4, 0.5) is 0 Å². The summed E-state index contributed by atoms with van der Waals surface area (Å²) in [5.41, 5.74) is 0. The molecule has 0 spiro atoms. The third kappa shape index (κ3) is 2.94. The molecule has 3 heteroatoms. The van der Waals surface area contributed by atoms with Gasteiger partial charge in [-0.2, -0.15) is 0 Å². The molecule has 0 N–H and O–H groups in total. The molecule has 0 saturated heterocycles. The molecule has 0 bridgehead atoms. The van der Waals surface area contributed by atoms with Crippen molar-refractivity contribution in [1.82, 2.24) is 0 Å². The Bertz CT molecular complexity index is 88.9. The Kier molecular flexibility index (Phi) is 5.16. The van der Waals surface area contributed by atoms with Crippen LogP contribution in [0, 0.1) is 5.92 Å². The van der Waals surface area contributed by atoms with E-state index in [4.69, 9.17) is 9.47 Å². The lowest BCUT2D eigenvalue weighted by atomic mass is 10.1. The topological polar surface area (TPSA) is 35.5 Å². The lowest BCUT2D eigenvalue weighted by molar-refractivity contribution is -0.138. The third-order valence-corrected chi connectivity index (χ3v) is 1.40. The van der Waals surface area contributed by atoms with Crippen molar-refractivity contribution in [2.45, 2.75) is 19.6 Å². The summed E-state index contributed by atoms with van der Waals surface area (Å²) < 4.78 is 9.87. The van der Waals surface area contributed by atoms with Gasteiger partial charge in [-0.15, -0.1) is 0 Å². The number of hydrogen-bond donors (Lipinski definition) is 0. The van der Waals surface area contributed by atoms with E-state index < -0.39 is 0 Å². The molecule has 1 unspecified atom stereocenters. The Morgan fingerprint density at radius 1 is 1.40 bits per heavy atom. The summed E-state index contributed by atoms with van der Waals surface area (Å²) in [7, 11) is 3.13. The zero-order valence-electron chi connectivity index (χ0n) is 6.66. The highest BCUT2D eigenvalue weighted by Crippen LogP contribution is 2.09. The quantitative estimate of drug-likeness (QED) is 0.425. The molecule has 3 nitrogen and oxygen atoms in total. The second-order valence-corrected chi connectivity index (χ2v) is 2.22. The first-order valence-corrected chi connectivity index (χ1v) is 3.25. The minimum atomic E-state index is -0.259. The van der Waals surface area contributed by atoms with Crippen molar-refractivity contribution in [3.63, 3.8) is 0 Å². The Morgan fingerprint density at radius 3 is 2.20 bits per heavy atom. The van der Waals surface area contributed by atoms with Crippen LogP contribution in [0.3, 0.4) is 0 Å². The predicted molar refractivity (Wildman–Crippen MR) is 37.7 cm³/mol. The summed E-state index contributed by atoms with van der Waals surface area (Å²) >= 11 is 0. The SMILES string of the molecule is COC(OC)C(C)CC=O. The number of hydrogen-bond acceptors (Lipinski definition) is 3. The number of aldehydes is 1. The first kappa shape index (κ1) is 9.59. The number of methoxy groups -OCH3 is 2. The highest BCUT2D eigenvalue weighted by atomic mass is 16.7. The van der Waals surface area contributed by atoms with Crippen LogP contribution >= 0.6 is 0 Å². The molecular formula is C7H14O3. The first-order chi connectivity index (χ1) is 4.76. The largest absolute Gasteiger partial charge is 0.356 e. The lowest BCUT2D eigenvalue weighted by Gasteiger charge is -2.18. The van der Waals surface area contributed by atoms with E-state index in [0.717, 1.165) is 6.29 Å². The second-order valence-electron chi connectivity index (χ2n) is 2.22. The Hall–Kier alpha value is -0.410. The highest BCUT2D eigenvalue weighted by molar-refractivity contribution is 5.49. The van der Waals surface area contributed by atoms with Gasteiger partial charge < -0.3 is 14.3 Å². The van der Waals surface area contributed by atoms with E-state index in [0.29, 0.717) is 6.42 Å². The molecular weight excluding hydrogens is 132 g/mol. The van der Waals surface area contributed by atoms with Crippen molar-refractivity contribution in [3.05, 3.63) is 0 Å². The van der Waals surface area contributed by atoms with Crippen molar-refractivity contribution in [1.29, 1.82) is 0 Å². The number of rotatable bonds is 5. The van der Waals surface area contributed by atoms with Crippen LogP contribution in [0.2, 0.25) is 0 Å². The second kappa shape index (κ2) is 5.38. The Labute approximate surface area is 61.3 Å². The zero-order valence-corrected chi connectivity index (χ0v) is 6.66. The lowest BCUT2D eigenvalue weighted by Crippen LogP contribution is -2.22.